The number of rotatable bonds is 4. The Balaban J connectivity index is 1.30. The van der Waals surface area contributed by atoms with Crippen LogP contribution in [0.15, 0.2) is 40.8 Å². The number of anilines is 1. The highest BCUT2D eigenvalue weighted by molar-refractivity contribution is 6.09. The fourth-order valence-corrected chi connectivity index (χ4v) is 4.38. The summed E-state index contributed by atoms with van der Waals surface area (Å²) in [5.41, 5.74) is 2.00. The molecule has 0 saturated carbocycles. The minimum atomic E-state index is -0.784. The molecular weight excluding hydrogens is 415 g/mol. The molecule has 5 rings (SSSR count). The van der Waals surface area contributed by atoms with Crippen molar-refractivity contribution in [3.05, 3.63) is 53.5 Å². The van der Waals surface area contributed by atoms with E-state index in [2.05, 4.69) is 5.32 Å². The number of carbonyl (C=O) groups excluding carboxylic acids is 2. The van der Waals surface area contributed by atoms with Crippen molar-refractivity contribution in [1.82, 2.24) is 5.32 Å². The quantitative estimate of drug-likeness (QED) is 0.626. The minimum absolute atomic E-state index is 0.255. The number of halogens is 1. The lowest BCUT2D eigenvalue weighted by molar-refractivity contribution is -0.132. The zero-order valence-electron chi connectivity index (χ0n) is 17.8. The second kappa shape index (κ2) is 7.85. The predicted octanol–water partition coefficient (Wildman–Crippen LogP) is 3.88. The first kappa shape index (κ1) is 20.4. The van der Waals surface area contributed by atoms with Gasteiger partial charge in [0.05, 0.1) is 6.04 Å². The first-order valence-electron chi connectivity index (χ1n) is 10.6. The van der Waals surface area contributed by atoms with Gasteiger partial charge < -0.3 is 24.1 Å². The zero-order valence-corrected chi connectivity index (χ0v) is 17.8. The molecule has 2 amide bonds. The van der Waals surface area contributed by atoms with Crippen molar-refractivity contribution in [2.24, 2.45) is 5.92 Å². The molecule has 2 atom stereocenters. The third kappa shape index (κ3) is 3.45. The van der Waals surface area contributed by atoms with Gasteiger partial charge in [-0.25, -0.2) is 4.39 Å². The average molecular weight is 438 g/mol. The number of fused-ring (bicyclic) bond motifs is 2. The molecule has 1 fully saturated rings. The van der Waals surface area contributed by atoms with Crippen LogP contribution in [0.25, 0.3) is 11.0 Å². The summed E-state index contributed by atoms with van der Waals surface area (Å²) in [5, 5.41) is 3.56. The van der Waals surface area contributed by atoms with Crippen molar-refractivity contribution in [2.45, 2.75) is 26.3 Å². The van der Waals surface area contributed by atoms with Gasteiger partial charge in [0.15, 0.2) is 11.5 Å². The molecular formula is C24H23FN2O5. The molecule has 2 aliphatic rings. The van der Waals surface area contributed by atoms with Crippen LogP contribution < -0.4 is 19.7 Å². The molecule has 3 aromatic rings. The Hall–Kier alpha value is -3.55. The van der Waals surface area contributed by atoms with Crippen molar-refractivity contribution < 1.29 is 27.9 Å². The van der Waals surface area contributed by atoms with Crippen LogP contribution in [-0.4, -0.2) is 31.6 Å². The number of benzene rings is 2. The zero-order chi connectivity index (χ0) is 22.4. The smallest absolute Gasteiger partial charge is 0.239 e. The topological polar surface area (TPSA) is 81.0 Å². The van der Waals surface area contributed by atoms with Crippen LogP contribution in [0, 0.1) is 18.7 Å². The maximum Gasteiger partial charge on any atom is 0.239 e. The van der Waals surface area contributed by atoms with E-state index in [0.29, 0.717) is 60.1 Å². The third-order valence-electron chi connectivity index (χ3n) is 6.05. The van der Waals surface area contributed by atoms with Crippen LogP contribution in [0.3, 0.4) is 0 Å². The lowest BCUT2D eigenvalue weighted by Gasteiger charge is -2.22. The monoisotopic (exact) mass is 438 g/mol. The van der Waals surface area contributed by atoms with Gasteiger partial charge in [0.1, 0.15) is 36.3 Å². The van der Waals surface area contributed by atoms with E-state index in [4.69, 9.17) is 13.9 Å². The van der Waals surface area contributed by atoms with Crippen LogP contribution in [0.2, 0.25) is 0 Å². The minimum Gasteiger partial charge on any atom is -0.486 e. The standard InChI is InChI=1S/C24H23FN2O5/c1-13-18-11-15(25)3-5-19(18)32-22(13)14(2)26-23(28)17-7-8-27(24(17)29)16-4-6-20-21(12-16)31-10-9-30-20/h3-6,11-12,14,17H,7-10H2,1-2H3,(H,26,28). The summed E-state index contributed by atoms with van der Waals surface area (Å²) >= 11 is 0. The third-order valence-corrected chi connectivity index (χ3v) is 6.05. The molecule has 2 unspecified atom stereocenters. The number of nitrogens with one attached hydrogen (secondary N) is 1. The van der Waals surface area contributed by atoms with Gasteiger partial charge in [-0.3, -0.25) is 9.59 Å². The van der Waals surface area contributed by atoms with Gasteiger partial charge in [-0.1, -0.05) is 0 Å². The van der Waals surface area contributed by atoms with Crippen molar-refractivity contribution in [3.63, 3.8) is 0 Å². The predicted molar refractivity (Wildman–Crippen MR) is 115 cm³/mol. The number of nitrogens with zero attached hydrogens (tertiary/aromatic N) is 1. The summed E-state index contributed by atoms with van der Waals surface area (Å²) in [6.45, 7) is 5.01. The summed E-state index contributed by atoms with van der Waals surface area (Å²) in [5.74, 6) is 0.0559. The molecule has 7 nitrogen and oxygen atoms in total. The normalized spacial score (nSPS) is 18.8. The van der Waals surface area contributed by atoms with Gasteiger partial charge in [-0.05, 0) is 50.6 Å². The van der Waals surface area contributed by atoms with Crippen LogP contribution in [0.1, 0.15) is 30.7 Å². The Morgan fingerprint density at radius 1 is 1.16 bits per heavy atom. The first-order chi connectivity index (χ1) is 15.4. The number of aryl methyl sites for hydroxylation is 1. The van der Waals surface area contributed by atoms with Gasteiger partial charge in [-0.15, -0.1) is 0 Å². The lowest BCUT2D eigenvalue weighted by Crippen LogP contribution is -2.38. The number of hydrogen-bond donors (Lipinski definition) is 1. The molecule has 1 N–H and O–H groups in total. The highest BCUT2D eigenvalue weighted by Gasteiger charge is 2.38. The van der Waals surface area contributed by atoms with E-state index in [1.165, 1.54) is 12.1 Å². The molecule has 2 aromatic carbocycles. The summed E-state index contributed by atoms with van der Waals surface area (Å²) < 4.78 is 30.6. The van der Waals surface area contributed by atoms with E-state index < -0.39 is 12.0 Å². The molecule has 2 aliphatic heterocycles. The van der Waals surface area contributed by atoms with Crippen molar-refractivity contribution in [3.8, 4) is 11.5 Å². The second-order valence-electron chi connectivity index (χ2n) is 8.12. The Bertz CT molecular complexity index is 1220. The van der Waals surface area contributed by atoms with Crippen molar-refractivity contribution in [1.29, 1.82) is 0 Å². The molecule has 1 aromatic heterocycles. The van der Waals surface area contributed by atoms with Crippen molar-refractivity contribution in [2.75, 3.05) is 24.7 Å². The molecule has 0 aliphatic carbocycles. The maximum absolute atomic E-state index is 13.6. The van der Waals surface area contributed by atoms with Gasteiger partial charge in [-0.2, -0.15) is 0 Å². The molecule has 8 heteroatoms. The number of carbonyl (C=O) groups is 2. The number of furan rings is 1. The van der Waals surface area contributed by atoms with E-state index in [-0.39, 0.29) is 17.6 Å². The molecule has 166 valence electrons. The van der Waals surface area contributed by atoms with Crippen molar-refractivity contribution >= 4 is 28.5 Å². The summed E-state index contributed by atoms with van der Waals surface area (Å²) in [6, 6.07) is 9.20. The Morgan fingerprint density at radius 2 is 1.94 bits per heavy atom. The molecule has 32 heavy (non-hydrogen) atoms. The van der Waals surface area contributed by atoms with E-state index in [1.54, 1.807) is 36.1 Å². The Morgan fingerprint density at radius 3 is 2.75 bits per heavy atom. The van der Waals surface area contributed by atoms with E-state index >= 15 is 0 Å². The van der Waals surface area contributed by atoms with Crippen LogP contribution in [-0.2, 0) is 9.59 Å². The SMILES string of the molecule is Cc1c(C(C)NC(=O)C2CCN(c3ccc4c(c3)OCCO4)C2=O)oc2ccc(F)cc12. The molecule has 1 saturated heterocycles. The Kier molecular flexibility index (Phi) is 5.00. The highest BCUT2D eigenvalue weighted by Crippen LogP contribution is 2.36. The first-order valence-corrected chi connectivity index (χ1v) is 10.6. The van der Waals surface area contributed by atoms with Gasteiger partial charge in [0.25, 0.3) is 0 Å². The fourth-order valence-electron chi connectivity index (χ4n) is 4.38. The molecule has 0 radical (unpaired) electrons. The summed E-state index contributed by atoms with van der Waals surface area (Å²) in [7, 11) is 0. The second-order valence-corrected chi connectivity index (χ2v) is 8.12. The Labute approximate surface area is 184 Å². The van der Waals surface area contributed by atoms with Gasteiger partial charge >= 0.3 is 0 Å². The highest BCUT2D eigenvalue weighted by atomic mass is 19.1. The number of amides is 2. The van der Waals surface area contributed by atoms with E-state index in [9.17, 15) is 14.0 Å². The van der Waals surface area contributed by atoms with Crippen LogP contribution in [0.5, 0.6) is 11.5 Å². The average Bonchev–Trinajstić information content (AvgIpc) is 3.33. The molecule has 0 spiro atoms. The maximum atomic E-state index is 13.6. The summed E-state index contributed by atoms with van der Waals surface area (Å²) in [4.78, 5) is 27.5. The van der Waals surface area contributed by atoms with E-state index in [0.717, 1.165) is 5.56 Å². The number of ether oxygens (including phenoxy) is 2. The largest absolute Gasteiger partial charge is 0.486 e. The summed E-state index contributed by atoms with van der Waals surface area (Å²) in [6.07, 6.45) is 0.413. The fraction of sp³-hybridized carbons (Fsp3) is 0.333. The molecule has 3 heterocycles. The number of hydrogen-bond acceptors (Lipinski definition) is 5. The molecule has 0 bridgehead atoms. The van der Waals surface area contributed by atoms with Crippen LogP contribution in [0.4, 0.5) is 10.1 Å². The van der Waals surface area contributed by atoms with Gasteiger partial charge in [0.2, 0.25) is 11.8 Å². The van der Waals surface area contributed by atoms with Gasteiger partial charge in [0, 0.05) is 29.2 Å². The van der Waals surface area contributed by atoms with Crippen LogP contribution >= 0.6 is 0 Å². The lowest BCUT2D eigenvalue weighted by atomic mass is 10.1. The van der Waals surface area contributed by atoms with E-state index in [1.807, 2.05) is 6.92 Å².